The van der Waals surface area contributed by atoms with Gasteiger partial charge in [0.1, 0.15) is 17.3 Å². The third kappa shape index (κ3) is 5.34. The summed E-state index contributed by atoms with van der Waals surface area (Å²) in [6, 6.07) is 11.6. The van der Waals surface area contributed by atoms with Gasteiger partial charge in [-0.25, -0.2) is 0 Å². The van der Waals surface area contributed by atoms with Crippen LogP contribution in [0.1, 0.15) is 30.0 Å². The van der Waals surface area contributed by atoms with Gasteiger partial charge in [-0.1, -0.05) is 12.1 Å². The van der Waals surface area contributed by atoms with E-state index in [1.807, 2.05) is 50.2 Å². The van der Waals surface area contributed by atoms with E-state index >= 15 is 0 Å². The number of carbonyl (C=O) groups is 1. The molecule has 1 N–H and O–H groups in total. The first kappa shape index (κ1) is 19.5. The third-order valence-corrected chi connectivity index (χ3v) is 4.72. The number of carbonyl (C=O) groups excluding carboxylic acids is 1. The molecule has 6 nitrogen and oxygen atoms in total. The Bertz CT molecular complexity index is 752. The molecule has 1 aromatic carbocycles. The molecule has 0 spiro atoms. The molecule has 2 unspecified atom stereocenters. The smallest absolute Gasteiger partial charge is 0.260 e. The maximum atomic E-state index is 12.5. The van der Waals surface area contributed by atoms with Gasteiger partial charge in [-0.05, 0) is 50.6 Å². The summed E-state index contributed by atoms with van der Waals surface area (Å²) in [5, 5.41) is 3.02. The zero-order chi connectivity index (χ0) is 19.2. The number of benzene rings is 1. The van der Waals surface area contributed by atoms with Crippen LogP contribution in [0, 0.1) is 13.8 Å². The fraction of sp³-hybridized carbons (Fsp3) is 0.476. The topological polar surface area (TPSA) is 63.9 Å². The summed E-state index contributed by atoms with van der Waals surface area (Å²) in [4.78, 5) is 14.8. The lowest BCUT2D eigenvalue weighted by Crippen LogP contribution is -2.45. The molecular formula is C21H28N2O4. The van der Waals surface area contributed by atoms with Gasteiger partial charge >= 0.3 is 0 Å². The van der Waals surface area contributed by atoms with Crippen molar-refractivity contribution in [2.75, 3.05) is 32.8 Å². The molecule has 3 rings (SSSR count). The monoisotopic (exact) mass is 372 g/mol. The second kappa shape index (κ2) is 9.06. The number of rotatable bonds is 7. The molecule has 27 heavy (non-hydrogen) atoms. The lowest BCUT2D eigenvalue weighted by Gasteiger charge is -2.33. The molecule has 146 valence electrons. The normalized spacial score (nSPS) is 17.3. The van der Waals surface area contributed by atoms with Crippen molar-refractivity contribution in [3.63, 3.8) is 0 Å². The van der Waals surface area contributed by atoms with Crippen molar-refractivity contribution in [1.82, 2.24) is 10.2 Å². The zero-order valence-electron chi connectivity index (χ0n) is 16.2. The summed E-state index contributed by atoms with van der Waals surface area (Å²) >= 11 is 0. The minimum atomic E-state index is -0.574. The quantitative estimate of drug-likeness (QED) is 0.810. The number of ether oxygens (including phenoxy) is 2. The lowest BCUT2D eigenvalue weighted by atomic mass is 10.1. The van der Waals surface area contributed by atoms with E-state index in [0.29, 0.717) is 25.5 Å². The molecule has 1 amide bonds. The highest BCUT2D eigenvalue weighted by molar-refractivity contribution is 5.80. The average molecular weight is 372 g/mol. The molecule has 2 aromatic rings. The maximum Gasteiger partial charge on any atom is 0.260 e. The van der Waals surface area contributed by atoms with E-state index in [0.717, 1.165) is 30.2 Å². The van der Waals surface area contributed by atoms with Crippen LogP contribution in [0.4, 0.5) is 0 Å². The molecule has 0 aliphatic carbocycles. The minimum Gasteiger partial charge on any atom is -0.481 e. The Kier molecular flexibility index (Phi) is 6.53. The summed E-state index contributed by atoms with van der Waals surface area (Å²) in [6.45, 7) is 9.16. The van der Waals surface area contributed by atoms with Crippen molar-refractivity contribution >= 4 is 5.91 Å². The van der Waals surface area contributed by atoms with E-state index in [1.165, 1.54) is 0 Å². The molecule has 0 bridgehead atoms. The van der Waals surface area contributed by atoms with Crippen molar-refractivity contribution in [2.45, 2.75) is 32.9 Å². The Morgan fingerprint density at radius 2 is 2.00 bits per heavy atom. The third-order valence-electron chi connectivity index (χ3n) is 4.72. The van der Waals surface area contributed by atoms with Gasteiger partial charge in [-0.15, -0.1) is 0 Å². The van der Waals surface area contributed by atoms with Gasteiger partial charge in [0.2, 0.25) is 0 Å². The van der Waals surface area contributed by atoms with Crippen molar-refractivity contribution in [2.24, 2.45) is 0 Å². The number of amides is 1. The van der Waals surface area contributed by atoms with Crippen LogP contribution >= 0.6 is 0 Å². The van der Waals surface area contributed by atoms with E-state index in [9.17, 15) is 4.79 Å². The molecule has 0 saturated carbocycles. The van der Waals surface area contributed by atoms with Gasteiger partial charge < -0.3 is 19.2 Å². The number of hydrogen-bond acceptors (Lipinski definition) is 5. The molecule has 1 aromatic heterocycles. The Balaban J connectivity index is 1.61. The van der Waals surface area contributed by atoms with Gasteiger partial charge in [0, 0.05) is 19.6 Å². The summed E-state index contributed by atoms with van der Waals surface area (Å²) in [6.07, 6.45) is -0.574. The second-order valence-corrected chi connectivity index (χ2v) is 6.93. The van der Waals surface area contributed by atoms with Gasteiger partial charge in [0.15, 0.2) is 6.10 Å². The number of hydrogen-bond donors (Lipinski definition) is 1. The predicted molar refractivity (Wildman–Crippen MR) is 103 cm³/mol. The fourth-order valence-electron chi connectivity index (χ4n) is 3.22. The van der Waals surface area contributed by atoms with Crippen LogP contribution in [0.15, 0.2) is 40.8 Å². The fourth-order valence-corrected chi connectivity index (χ4v) is 3.22. The van der Waals surface area contributed by atoms with Crippen LogP contribution in [-0.2, 0) is 9.53 Å². The highest BCUT2D eigenvalue weighted by atomic mass is 16.5. The lowest BCUT2D eigenvalue weighted by molar-refractivity contribution is -0.127. The Morgan fingerprint density at radius 1 is 1.22 bits per heavy atom. The largest absolute Gasteiger partial charge is 0.481 e. The molecule has 6 heteroatoms. The number of furan rings is 1. The van der Waals surface area contributed by atoms with Crippen molar-refractivity contribution in [3.05, 3.63) is 53.5 Å². The number of aryl methyl sites for hydroxylation is 2. The van der Waals surface area contributed by atoms with Crippen LogP contribution in [0.25, 0.3) is 0 Å². The summed E-state index contributed by atoms with van der Waals surface area (Å²) in [7, 11) is 0. The molecule has 0 radical (unpaired) electrons. The van der Waals surface area contributed by atoms with E-state index in [2.05, 4.69) is 10.2 Å². The molecule has 1 aliphatic rings. The van der Waals surface area contributed by atoms with E-state index in [-0.39, 0.29) is 11.9 Å². The van der Waals surface area contributed by atoms with Crippen molar-refractivity contribution in [1.29, 1.82) is 0 Å². The number of morpholine rings is 1. The number of nitrogens with zero attached hydrogens (tertiary/aromatic N) is 1. The zero-order valence-corrected chi connectivity index (χ0v) is 16.2. The van der Waals surface area contributed by atoms with Gasteiger partial charge in [0.05, 0.1) is 19.3 Å². The van der Waals surface area contributed by atoms with Crippen molar-refractivity contribution < 1.29 is 18.7 Å². The Hall–Kier alpha value is -2.31. The van der Waals surface area contributed by atoms with Gasteiger partial charge in [-0.2, -0.15) is 0 Å². The first-order valence-electron chi connectivity index (χ1n) is 9.42. The standard InChI is InChI=1S/C21H28N2O4/c1-15-5-4-6-18(13-15)27-17(3)21(24)22-14-19(20-8-7-16(2)26-20)23-9-11-25-12-10-23/h4-8,13,17,19H,9-12,14H2,1-3H3,(H,22,24). The minimum absolute atomic E-state index is 0.0160. The van der Waals surface area contributed by atoms with Crippen LogP contribution in [0.2, 0.25) is 0 Å². The SMILES string of the molecule is Cc1cccc(OC(C)C(=O)NCC(c2ccc(C)o2)N2CCOCC2)c1. The van der Waals surface area contributed by atoms with Crippen LogP contribution < -0.4 is 10.1 Å². The van der Waals surface area contributed by atoms with Gasteiger partial charge in [-0.3, -0.25) is 9.69 Å². The van der Waals surface area contributed by atoms with E-state index < -0.39 is 6.10 Å². The molecule has 2 heterocycles. The van der Waals surface area contributed by atoms with E-state index in [1.54, 1.807) is 6.92 Å². The van der Waals surface area contributed by atoms with Crippen molar-refractivity contribution in [3.8, 4) is 5.75 Å². The average Bonchev–Trinajstić information content (AvgIpc) is 3.08. The molecule has 2 atom stereocenters. The Morgan fingerprint density at radius 3 is 2.67 bits per heavy atom. The molecule has 1 saturated heterocycles. The maximum absolute atomic E-state index is 12.5. The first-order valence-corrected chi connectivity index (χ1v) is 9.42. The Labute approximate surface area is 160 Å². The van der Waals surface area contributed by atoms with E-state index in [4.69, 9.17) is 13.9 Å². The molecule has 1 fully saturated rings. The van der Waals surface area contributed by atoms with Gasteiger partial charge in [0.25, 0.3) is 5.91 Å². The summed E-state index contributed by atoms with van der Waals surface area (Å²) < 4.78 is 17.1. The molecule has 1 aliphatic heterocycles. The highest BCUT2D eigenvalue weighted by Crippen LogP contribution is 2.23. The second-order valence-electron chi connectivity index (χ2n) is 6.93. The summed E-state index contributed by atoms with van der Waals surface area (Å²) in [5.74, 6) is 2.29. The number of nitrogens with one attached hydrogen (secondary N) is 1. The highest BCUT2D eigenvalue weighted by Gasteiger charge is 2.26. The van der Waals surface area contributed by atoms with Crippen LogP contribution in [-0.4, -0.2) is 49.8 Å². The van der Waals surface area contributed by atoms with Crippen LogP contribution in [0.3, 0.4) is 0 Å². The van der Waals surface area contributed by atoms with Crippen LogP contribution in [0.5, 0.6) is 5.75 Å². The predicted octanol–water partition coefficient (Wildman–Crippen LogP) is 2.85. The molecular weight excluding hydrogens is 344 g/mol. The first-order chi connectivity index (χ1) is 13.0. The summed E-state index contributed by atoms with van der Waals surface area (Å²) in [5.41, 5.74) is 1.10.